The van der Waals surface area contributed by atoms with Gasteiger partial charge in [-0.05, 0) is 32.3 Å². The van der Waals surface area contributed by atoms with Gasteiger partial charge in [0.2, 0.25) is 0 Å². The van der Waals surface area contributed by atoms with Crippen molar-refractivity contribution in [2.45, 2.75) is 64.5 Å². The summed E-state index contributed by atoms with van der Waals surface area (Å²) in [4.78, 5) is 0. The molecule has 0 aliphatic heterocycles. The van der Waals surface area contributed by atoms with Crippen LogP contribution in [0.5, 0.6) is 0 Å². The lowest BCUT2D eigenvalue weighted by molar-refractivity contribution is -0.937. The van der Waals surface area contributed by atoms with Gasteiger partial charge in [-0.15, -0.1) is 0 Å². The van der Waals surface area contributed by atoms with E-state index in [1.165, 1.54) is 24.8 Å². The van der Waals surface area contributed by atoms with Gasteiger partial charge in [-0.3, -0.25) is 0 Å². The lowest BCUT2D eigenvalue weighted by atomic mass is 9.73. The summed E-state index contributed by atoms with van der Waals surface area (Å²) in [5.41, 5.74) is 1.33. The molecule has 0 radical (unpaired) electrons. The Hall–Kier alpha value is -2.08. The quantitative estimate of drug-likeness (QED) is 0.429. The van der Waals surface area contributed by atoms with E-state index in [1.807, 2.05) is 30.3 Å². The molecule has 160 valence electrons. The molecule has 30 heavy (non-hydrogen) atoms. The van der Waals surface area contributed by atoms with E-state index in [0.717, 1.165) is 55.5 Å². The van der Waals surface area contributed by atoms with Gasteiger partial charge >= 0.3 is 0 Å². The second-order valence-electron chi connectivity index (χ2n) is 8.86. The number of hydrogen-bond donors (Lipinski definition) is 1. The first-order valence-corrected chi connectivity index (χ1v) is 11.8. The zero-order valence-electron chi connectivity index (χ0n) is 18.8. The van der Waals surface area contributed by atoms with E-state index in [2.05, 4.69) is 56.0 Å². The van der Waals surface area contributed by atoms with Crippen molar-refractivity contribution in [2.75, 3.05) is 19.6 Å². The van der Waals surface area contributed by atoms with E-state index in [-0.39, 0.29) is 5.92 Å². The standard InChI is InChI=1S/C28H38NO/c1-3-29(4-2,24-25-16-8-5-9-17-25)23-15-14-22-28(30,26-18-10-6-11-19-26)27-20-12-7-13-21-27/h5-6,8-11,16-19,27,30H,3-4,7,12-13,15,20-21,23-24H2,1-2H3/q+1/t28-/m0/s1. The lowest BCUT2D eigenvalue weighted by Crippen LogP contribution is -2.47. The maximum absolute atomic E-state index is 11.7. The molecule has 1 saturated carbocycles. The number of nitrogens with zero attached hydrogens (tertiary/aromatic N) is 1. The molecule has 0 unspecified atom stereocenters. The SMILES string of the molecule is CC[N+](CC)(CCC#C[C@](O)(c1ccccc1)C1CCCCC1)Cc1ccccc1. The Balaban J connectivity index is 1.75. The molecule has 2 aromatic rings. The van der Waals surface area contributed by atoms with Gasteiger partial charge in [-0.2, -0.15) is 0 Å². The molecular formula is C28H38NO+. The summed E-state index contributed by atoms with van der Waals surface area (Å²) < 4.78 is 1.03. The fourth-order valence-electron chi connectivity index (χ4n) is 4.93. The van der Waals surface area contributed by atoms with Crippen molar-refractivity contribution >= 4 is 0 Å². The topological polar surface area (TPSA) is 20.2 Å². The summed E-state index contributed by atoms with van der Waals surface area (Å²) in [5.74, 6) is 7.02. The highest BCUT2D eigenvalue weighted by Gasteiger charge is 2.37. The van der Waals surface area contributed by atoms with E-state index >= 15 is 0 Å². The molecular weight excluding hydrogens is 366 g/mol. The van der Waals surface area contributed by atoms with E-state index < -0.39 is 5.60 Å². The zero-order valence-corrected chi connectivity index (χ0v) is 18.8. The summed E-state index contributed by atoms with van der Waals surface area (Å²) in [5, 5.41) is 11.7. The van der Waals surface area contributed by atoms with Crippen LogP contribution >= 0.6 is 0 Å². The van der Waals surface area contributed by atoms with E-state index in [1.54, 1.807) is 0 Å². The van der Waals surface area contributed by atoms with Crippen LogP contribution in [0.25, 0.3) is 0 Å². The van der Waals surface area contributed by atoms with Crippen molar-refractivity contribution in [1.29, 1.82) is 0 Å². The smallest absolute Gasteiger partial charge is 0.153 e. The van der Waals surface area contributed by atoms with Crippen molar-refractivity contribution in [1.82, 2.24) is 0 Å². The molecule has 1 N–H and O–H groups in total. The van der Waals surface area contributed by atoms with Gasteiger partial charge < -0.3 is 9.59 Å². The largest absolute Gasteiger partial charge is 0.373 e. The minimum atomic E-state index is -1.02. The van der Waals surface area contributed by atoms with Crippen LogP contribution in [0, 0.1) is 17.8 Å². The summed E-state index contributed by atoms with van der Waals surface area (Å²) in [6, 6.07) is 20.9. The van der Waals surface area contributed by atoms with Crippen LogP contribution in [0.2, 0.25) is 0 Å². The maximum atomic E-state index is 11.7. The normalized spacial score (nSPS) is 17.0. The summed E-state index contributed by atoms with van der Waals surface area (Å²) in [6.45, 7) is 8.81. The second kappa shape index (κ2) is 10.8. The van der Waals surface area contributed by atoms with Gasteiger partial charge in [0.1, 0.15) is 6.54 Å². The number of aliphatic hydroxyl groups is 1. The number of rotatable bonds is 8. The van der Waals surface area contributed by atoms with Crippen LogP contribution in [0.1, 0.15) is 63.5 Å². The Morgan fingerprint density at radius 3 is 2.10 bits per heavy atom. The minimum absolute atomic E-state index is 0.238. The molecule has 0 heterocycles. The van der Waals surface area contributed by atoms with E-state index in [0.29, 0.717) is 0 Å². The molecule has 0 aromatic heterocycles. The van der Waals surface area contributed by atoms with Gasteiger partial charge in [-0.1, -0.05) is 91.8 Å². The molecule has 2 aromatic carbocycles. The first-order chi connectivity index (χ1) is 14.6. The predicted octanol–water partition coefficient (Wildman–Crippen LogP) is 5.90. The van der Waals surface area contributed by atoms with Crippen molar-refractivity contribution in [2.24, 2.45) is 5.92 Å². The van der Waals surface area contributed by atoms with Gasteiger partial charge in [0.25, 0.3) is 0 Å². The molecule has 1 aliphatic rings. The zero-order chi connectivity index (χ0) is 21.3. The summed E-state index contributed by atoms with van der Waals surface area (Å²) in [6.07, 6.45) is 6.63. The van der Waals surface area contributed by atoms with Crippen molar-refractivity contribution in [3.63, 3.8) is 0 Å². The van der Waals surface area contributed by atoms with Crippen LogP contribution in [-0.4, -0.2) is 29.2 Å². The van der Waals surface area contributed by atoms with Crippen molar-refractivity contribution in [3.8, 4) is 11.8 Å². The number of benzene rings is 2. The van der Waals surface area contributed by atoms with Gasteiger partial charge in [0.05, 0.1) is 26.1 Å². The highest BCUT2D eigenvalue weighted by molar-refractivity contribution is 5.33. The van der Waals surface area contributed by atoms with Gasteiger partial charge in [-0.25, -0.2) is 0 Å². The Kier molecular flexibility index (Phi) is 8.14. The molecule has 0 saturated heterocycles. The Bertz CT molecular complexity index is 810. The third-order valence-corrected chi connectivity index (χ3v) is 7.10. The van der Waals surface area contributed by atoms with Crippen LogP contribution in [0.15, 0.2) is 60.7 Å². The molecule has 3 rings (SSSR count). The van der Waals surface area contributed by atoms with Crippen molar-refractivity contribution < 1.29 is 9.59 Å². The first kappa shape index (κ1) is 22.6. The molecule has 0 spiro atoms. The van der Waals surface area contributed by atoms with Crippen LogP contribution in [0.3, 0.4) is 0 Å². The third-order valence-electron chi connectivity index (χ3n) is 7.10. The van der Waals surface area contributed by atoms with Crippen molar-refractivity contribution in [3.05, 3.63) is 71.8 Å². The molecule has 2 nitrogen and oxygen atoms in total. The predicted molar refractivity (Wildman–Crippen MR) is 126 cm³/mol. The molecule has 1 aliphatic carbocycles. The highest BCUT2D eigenvalue weighted by Crippen LogP contribution is 2.39. The monoisotopic (exact) mass is 404 g/mol. The Morgan fingerprint density at radius 2 is 1.50 bits per heavy atom. The van der Waals surface area contributed by atoms with Gasteiger partial charge in [0.15, 0.2) is 5.60 Å². The summed E-state index contributed by atoms with van der Waals surface area (Å²) >= 11 is 0. The second-order valence-corrected chi connectivity index (χ2v) is 8.86. The molecule has 1 fully saturated rings. The third kappa shape index (κ3) is 5.54. The molecule has 0 amide bonds. The summed E-state index contributed by atoms with van der Waals surface area (Å²) in [7, 11) is 0. The average molecular weight is 405 g/mol. The van der Waals surface area contributed by atoms with Gasteiger partial charge in [0, 0.05) is 11.5 Å². The Morgan fingerprint density at radius 1 is 0.900 bits per heavy atom. The van der Waals surface area contributed by atoms with E-state index in [4.69, 9.17) is 0 Å². The highest BCUT2D eigenvalue weighted by atomic mass is 16.3. The first-order valence-electron chi connectivity index (χ1n) is 11.8. The molecule has 2 heteroatoms. The fraction of sp³-hybridized carbons (Fsp3) is 0.500. The van der Waals surface area contributed by atoms with Crippen LogP contribution in [-0.2, 0) is 12.1 Å². The number of hydrogen-bond acceptors (Lipinski definition) is 1. The minimum Gasteiger partial charge on any atom is -0.373 e. The van der Waals surface area contributed by atoms with E-state index in [9.17, 15) is 5.11 Å². The van der Waals surface area contributed by atoms with Crippen LogP contribution < -0.4 is 0 Å². The number of quaternary nitrogens is 1. The maximum Gasteiger partial charge on any atom is 0.153 e. The molecule has 0 bridgehead atoms. The average Bonchev–Trinajstić information content (AvgIpc) is 2.82. The van der Waals surface area contributed by atoms with Crippen LogP contribution in [0.4, 0.5) is 0 Å². The Labute approximate surface area is 183 Å². The fourth-order valence-corrected chi connectivity index (χ4v) is 4.93. The lowest BCUT2D eigenvalue weighted by Gasteiger charge is -2.37. The molecule has 1 atom stereocenters.